The summed E-state index contributed by atoms with van der Waals surface area (Å²) in [7, 11) is 1.61. The molecule has 1 aliphatic heterocycles. The predicted octanol–water partition coefficient (Wildman–Crippen LogP) is 1.81. The molecule has 0 atom stereocenters. The van der Waals surface area contributed by atoms with Gasteiger partial charge in [-0.1, -0.05) is 0 Å². The second-order valence-corrected chi connectivity index (χ2v) is 4.69. The molecule has 0 saturated carbocycles. The van der Waals surface area contributed by atoms with Crippen LogP contribution < -0.4 is 9.64 Å². The average Bonchev–Trinajstić information content (AvgIpc) is 2.58. The van der Waals surface area contributed by atoms with Crippen LogP contribution in [-0.2, 0) is 9.53 Å². The van der Waals surface area contributed by atoms with Gasteiger partial charge in [0, 0.05) is 12.6 Å². The molecule has 1 heterocycles. The van der Waals surface area contributed by atoms with Gasteiger partial charge in [0.2, 0.25) is 5.91 Å². The molecule has 0 N–H and O–H groups in total. The van der Waals surface area contributed by atoms with Crippen LogP contribution in [0.4, 0.5) is 5.69 Å². The van der Waals surface area contributed by atoms with E-state index < -0.39 is 5.97 Å². The SMILES string of the molecule is CCOC(=O)c1cc2c(cc1C(C)=O)OCCC(=O)N2C. The van der Waals surface area contributed by atoms with Crippen LogP contribution in [0, 0.1) is 0 Å². The number of carbonyl (C=O) groups excluding carboxylic acids is 3. The van der Waals surface area contributed by atoms with Gasteiger partial charge in [-0.05, 0) is 26.0 Å². The molecule has 1 aromatic rings. The Morgan fingerprint density at radius 3 is 2.67 bits per heavy atom. The van der Waals surface area contributed by atoms with Crippen LogP contribution in [0.2, 0.25) is 0 Å². The Balaban J connectivity index is 2.59. The molecule has 0 aliphatic carbocycles. The molecule has 0 aromatic heterocycles. The van der Waals surface area contributed by atoms with E-state index in [1.807, 2.05) is 0 Å². The normalized spacial score (nSPS) is 14.0. The lowest BCUT2D eigenvalue weighted by molar-refractivity contribution is -0.118. The smallest absolute Gasteiger partial charge is 0.338 e. The summed E-state index contributed by atoms with van der Waals surface area (Å²) in [5.41, 5.74) is 0.841. The third-order valence-corrected chi connectivity index (χ3v) is 3.28. The number of Topliss-reactive ketones (excluding diaryl/α,β-unsaturated/α-hetero) is 1. The third-order valence-electron chi connectivity index (χ3n) is 3.28. The number of carbonyl (C=O) groups is 3. The van der Waals surface area contributed by atoms with Gasteiger partial charge < -0.3 is 14.4 Å². The Morgan fingerprint density at radius 2 is 2.05 bits per heavy atom. The number of hydrogen-bond acceptors (Lipinski definition) is 5. The van der Waals surface area contributed by atoms with E-state index in [1.165, 1.54) is 24.0 Å². The van der Waals surface area contributed by atoms with Gasteiger partial charge in [-0.25, -0.2) is 4.79 Å². The molecule has 0 spiro atoms. The minimum Gasteiger partial charge on any atom is -0.491 e. The highest BCUT2D eigenvalue weighted by Crippen LogP contribution is 2.34. The Labute approximate surface area is 122 Å². The second-order valence-electron chi connectivity index (χ2n) is 4.69. The zero-order valence-electron chi connectivity index (χ0n) is 12.3. The highest BCUT2D eigenvalue weighted by atomic mass is 16.5. The van der Waals surface area contributed by atoms with Crippen molar-refractivity contribution in [2.24, 2.45) is 0 Å². The molecule has 1 aromatic carbocycles. The van der Waals surface area contributed by atoms with E-state index in [0.29, 0.717) is 11.4 Å². The minimum atomic E-state index is -0.587. The van der Waals surface area contributed by atoms with E-state index in [-0.39, 0.29) is 42.5 Å². The molecule has 21 heavy (non-hydrogen) atoms. The van der Waals surface area contributed by atoms with Crippen LogP contribution >= 0.6 is 0 Å². The minimum absolute atomic E-state index is 0.112. The summed E-state index contributed by atoms with van der Waals surface area (Å²) in [5, 5.41) is 0. The molecular weight excluding hydrogens is 274 g/mol. The molecule has 0 unspecified atom stereocenters. The van der Waals surface area contributed by atoms with Gasteiger partial charge in [0.1, 0.15) is 5.75 Å². The third kappa shape index (κ3) is 2.89. The summed E-state index contributed by atoms with van der Waals surface area (Å²) >= 11 is 0. The number of fused-ring (bicyclic) bond motifs is 1. The summed E-state index contributed by atoms with van der Waals surface area (Å²) < 4.78 is 10.5. The van der Waals surface area contributed by atoms with Crippen LogP contribution in [0.15, 0.2) is 12.1 Å². The Morgan fingerprint density at radius 1 is 1.33 bits per heavy atom. The average molecular weight is 291 g/mol. The summed E-state index contributed by atoms with van der Waals surface area (Å²) in [4.78, 5) is 37.1. The van der Waals surface area contributed by atoms with Gasteiger partial charge >= 0.3 is 5.97 Å². The van der Waals surface area contributed by atoms with E-state index in [9.17, 15) is 14.4 Å². The zero-order chi connectivity index (χ0) is 15.6. The number of nitrogens with zero attached hydrogens (tertiary/aromatic N) is 1. The van der Waals surface area contributed by atoms with Gasteiger partial charge in [-0.3, -0.25) is 9.59 Å². The number of benzene rings is 1. The number of hydrogen-bond donors (Lipinski definition) is 0. The second kappa shape index (κ2) is 5.95. The molecule has 0 radical (unpaired) electrons. The van der Waals surface area contributed by atoms with Gasteiger partial charge in [-0.15, -0.1) is 0 Å². The molecule has 1 amide bonds. The van der Waals surface area contributed by atoms with E-state index >= 15 is 0 Å². The van der Waals surface area contributed by atoms with Crippen molar-refractivity contribution in [2.45, 2.75) is 20.3 Å². The fourth-order valence-corrected chi connectivity index (χ4v) is 2.17. The predicted molar refractivity (Wildman–Crippen MR) is 75.9 cm³/mol. The highest BCUT2D eigenvalue weighted by Gasteiger charge is 2.25. The Hall–Kier alpha value is -2.37. The van der Waals surface area contributed by atoms with Crippen LogP contribution in [0.1, 0.15) is 41.0 Å². The van der Waals surface area contributed by atoms with Crippen molar-refractivity contribution in [3.63, 3.8) is 0 Å². The first-order valence-electron chi connectivity index (χ1n) is 6.71. The molecule has 112 valence electrons. The number of anilines is 1. The van der Waals surface area contributed by atoms with Crippen molar-refractivity contribution < 1.29 is 23.9 Å². The molecular formula is C15H17NO5. The lowest BCUT2D eigenvalue weighted by Crippen LogP contribution is -2.25. The van der Waals surface area contributed by atoms with Gasteiger partial charge in [0.05, 0.1) is 30.9 Å². The van der Waals surface area contributed by atoms with E-state index in [1.54, 1.807) is 14.0 Å². The lowest BCUT2D eigenvalue weighted by Gasteiger charge is -2.18. The van der Waals surface area contributed by atoms with Crippen molar-refractivity contribution in [2.75, 3.05) is 25.2 Å². The van der Waals surface area contributed by atoms with Crippen LogP contribution in [0.25, 0.3) is 0 Å². The van der Waals surface area contributed by atoms with Crippen LogP contribution in [0.5, 0.6) is 5.75 Å². The fraction of sp³-hybridized carbons (Fsp3) is 0.400. The Kier molecular flexibility index (Phi) is 4.26. The maximum Gasteiger partial charge on any atom is 0.338 e. The van der Waals surface area contributed by atoms with E-state index in [2.05, 4.69) is 0 Å². The quantitative estimate of drug-likeness (QED) is 0.627. The van der Waals surface area contributed by atoms with Gasteiger partial charge in [0.25, 0.3) is 0 Å². The summed E-state index contributed by atoms with van der Waals surface area (Å²) in [6.45, 7) is 3.51. The molecule has 0 fully saturated rings. The Bertz CT molecular complexity index is 608. The van der Waals surface area contributed by atoms with Crippen molar-refractivity contribution in [3.8, 4) is 5.75 Å². The first-order chi connectivity index (χ1) is 9.95. The van der Waals surface area contributed by atoms with Crippen molar-refractivity contribution in [1.29, 1.82) is 0 Å². The highest BCUT2D eigenvalue weighted by molar-refractivity contribution is 6.08. The number of amides is 1. The van der Waals surface area contributed by atoms with Crippen molar-refractivity contribution >= 4 is 23.3 Å². The molecule has 1 aliphatic rings. The zero-order valence-corrected chi connectivity index (χ0v) is 12.3. The topological polar surface area (TPSA) is 72.9 Å². The largest absolute Gasteiger partial charge is 0.491 e. The number of ether oxygens (including phenoxy) is 2. The van der Waals surface area contributed by atoms with Crippen LogP contribution in [-0.4, -0.2) is 37.9 Å². The molecule has 0 saturated heterocycles. The lowest BCUT2D eigenvalue weighted by atomic mass is 10.0. The first-order valence-corrected chi connectivity index (χ1v) is 6.71. The molecule has 6 nitrogen and oxygen atoms in total. The number of ketones is 1. The summed E-state index contributed by atoms with van der Waals surface area (Å²) in [6, 6.07) is 2.98. The molecule has 2 rings (SSSR count). The monoisotopic (exact) mass is 291 g/mol. The molecule has 0 bridgehead atoms. The van der Waals surface area contributed by atoms with Crippen molar-refractivity contribution in [1.82, 2.24) is 0 Å². The number of rotatable bonds is 3. The first kappa shape index (κ1) is 15.0. The van der Waals surface area contributed by atoms with Gasteiger partial charge in [0.15, 0.2) is 5.78 Å². The summed E-state index contributed by atoms with van der Waals surface area (Å²) in [6.07, 6.45) is 0.245. The molecule has 6 heteroatoms. The standard InChI is InChI=1S/C15H17NO5/c1-4-20-15(19)11-7-12-13(8-10(11)9(2)17)21-6-5-14(18)16(12)3/h7-8H,4-6H2,1-3H3. The number of esters is 1. The van der Waals surface area contributed by atoms with Gasteiger partial charge in [-0.2, -0.15) is 0 Å². The van der Waals surface area contributed by atoms with E-state index in [4.69, 9.17) is 9.47 Å². The maximum absolute atomic E-state index is 12.0. The fourth-order valence-electron chi connectivity index (χ4n) is 2.17. The van der Waals surface area contributed by atoms with Crippen LogP contribution in [0.3, 0.4) is 0 Å². The maximum atomic E-state index is 12.0. The van der Waals surface area contributed by atoms with Crippen molar-refractivity contribution in [3.05, 3.63) is 23.3 Å². The summed E-state index contributed by atoms with van der Waals surface area (Å²) in [5.74, 6) is -0.543. The van der Waals surface area contributed by atoms with E-state index in [0.717, 1.165) is 0 Å².